The van der Waals surface area contributed by atoms with Crippen molar-refractivity contribution in [3.8, 4) is 11.5 Å². The maximum absolute atomic E-state index is 13.3. The lowest BCUT2D eigenvalue weighted by atomic mass is 10.1. The highest BCUT2D eigenvalue weighted by atomic mass is 32.1. The van der Waals surface area contributed by atoms with Crippen molar-refractivity contribution in [1.29, 1.82) is 0 Å². The summed E-state index contributed by atoms with van der Waals surface area (Å²) in [5.74, 6) is -0.698. The molecule has 0 saturated heterocycles. The summed E-state index contributed by atoms with van der Waals surface area (Å²) in [5.41, 5.74) is 1.31. The molecule has 3 aromatic rings. The summed E-state index contributed by atoms with van der Waals surface area (Å²) in [6.07, 6.45) is 2.85. The van der Waals surface area contributed by atoms with Gasteiger partial charge in [0.1, 0.15) is 5.82 Å². The number of carbonyl (C=O) groups excluding carboxylic acids is 1. The van der Waals surface area contributed by atoms with Crippen LogP contribution in [0.2, 0.25) is 0 Å². The molecule has 1 atom stereocenters. The minimum absolute atomic E-state index is 0.0943. The fraction of sp³-hybridized carbons (Fsp3) is 0.136. The van der Waals surface area contributed by atoms with Crippen LogP contribution in [0.1, 0.15) is 22.0 Å². The molecule has 1 heterocycles. The van der Waals surface area contributed by atoms with E-state index in [1.807, 2.05) is 17.5 Å². The second-order valence-electron chi connectivity index (χ2n) is 6.13. The van der Waals surface area contributed by atoms with E-state index in [1.54, 1.807) is 12.1 Å². The fourth-order valence-corrected chi connectivity index (χ4v) is 3.58. The van der Waals surface area contributed by atoms with E-state index >= 15 is 0 Å². The summed E-state index contributed by atoms with van der Waals surface area (Å²) >= 11 is 1.47. The molecule has 0 spiro atoms. The predicted molar refractivity (Wildman–Crippen MR) is 109 cm³/mol. The van der Waals surface area contributed by atoms with E-state index in [4.69, 9.17) is 4.74 Å². The zero-order valence-corrected chi connectivity index (χ0v) is 16.7. The van der Waals surface area contributed by atoms with Gasteiger partial charge in [-0.1, -0.05) is 24.3 Å². The van der Waals surface area contributed by atoms with E-state index < -0.39 is 12.7 Å². The first-order chi connectivity index (χ1) is 14.5. The number of hydrogen-bond acceptors (Lipinski definition) is 4. The van der Waals surface area contributed by atoms with Crippen molar-refractivity contribution < 1.29 is 27.4 Å². The van der Waals surface area contributed by atoms with Gasteiger partial charge in [0.05, 0.1) is 13.2 Å². The second-order valence-corrected chi connectivity index (χ2v) is 7.11. The lowest BCUT2D eigenvalue weighted by molar-refractivity contribution is -0.116. The molecule has 4 nitrogen and oxygen atoms in total. The molecule has 1 amide bonds. The molecule has 30 heavy (non-hydrogen) atoms. The van der Waals surface area contributed by atoms with Crippen molar-refractivity contribution in [1.82, 2.24) is 5.32 Å². The van der Waals surface area contributed by atoms with Crippen LogP contribution in [0.4, 0.5) is 13.2 Å². The summed E-state index contributed by atoms with van der Waals surface area (Å²) in [6.45, 7) is -2.97. The van der Waals surface area contributed by atoms with Crippen LogP contribution in [-0.4, -0.2) is 19.6 Å². The summed E-state index contributed by atoms with van der Waals surface area (Å²) in [7, 11) is 1.34. The number of carbonyl (C=O) groups is 1. The minimum atomic E-state index is -2.97. The van der Waals surface area contributed by atoms with Crippen molar-refractivity contribution in [2.75, 3.05) is 7.11 Å². The molecule has 8 heteroatoms. The highest BCUT2D eigenvalue weighted by molar-refractivity contribution is 7.10. The fourth-order valence-electron chi connectivity index (χ4n) is 2.77. The van der Waals surface area contributed by atoms with E-state index in [2.05, 4.69) is 10.1 Å². The Bertz CT molecular complexity index is 1000. The van der Waals surface area contributed by atoms with Gasteiger partial charge in [-0.2, -0.15) is 8.78 Å². The number of halogens is 3. The van der Waals surface area contributed by atoms with E-state index in [1.165, 1.54) is 60.9 Å². The number of ether oxygens (including phenoxy) is 2. The zero-order valence-electron chi connectivity index (χ0n) is 15.8. The third-order valence-corrected chi connectivity index (χ3v) is 5.09. The van der Waals surface area contributed by atoms with Gasteiger partial charge in [-0.25, -0.2) is 4.39 Å². The number of benzene rings is 2. The average Bonchev–Trinajstić information content (AvgIpc) is 3.26. The Hall–Kier alpha value is -3.26. The third-order valence-electron chi connectivity index (χ3n) is 4.15. The number of thiophene rings is 1. The van der Waals surface area contributed by atoms with Crippen molar-refractivity contribution in [3.63, 3.8) is 0 Å². The first-order valence-corrected chi connectivity index (χ1v) is 9.74. The average molecular weight is 433 g/mol. The smallest absolute Gasteiger partial charge is 0.387 e. The van der Waals surface area contributed by atoms with Crippen LogP contribution in [0.5, 0.6) is 11.5 Å². The largest absolute Gasteiger partial charge is 0.493 e. The highest BCUT2D eigenvalue weighted by Crippen LogP contribution is 2.30. The standard InChI is InChI=1S/C22H18F3NO3S/c1-28-18-13-14(4-10-17(18)29-22(24)25)5-11-20(27)26-21(19-3-2-12-30-19)15-6-8-16(23)9-7-15/h2-13,21-22H,1H3,(H,26,27)/b11-5+. The van der Waals surface area contributed by atoms with E-state index in [0.717, 1.165) is 10.4 Å². The Morgan fingerprint density at radius 1 is 1.10 bits per heavy atom. The minimum Gasteiger partial charge on any atom is -0.493 e. The molecule has 0 aliphatic carbocycles. The summed E-state index contributed by atoms with van der Waals surface area (Å²) in [6, 6.07) is 13.6. The molecule has 0 aliphatic rings. The highest BCUT2D eigenvalue weighted by Gasteiger charge is 2.17. The van der Waals surface area contributed by atoms with Gasteiger partial charge in [0.2, 0.25) is 5.91 Å². The van der Waals surface area contributed by atoms with Gasteiger partial charge in [-0.05, 0) is 52.9 Å². The van der Waals surface area contributed by atoms with Gasteiger partial charge in [0.15, 0.2) is 11.5 Å². The molecule has 1 N–H and O–H groups in total. The van der Waals surface area contributed by atoms with Gasteiger partial charge >= 0.3 is 6.61 Å². The topological polar surface area (TPSA) is 47.6 Å². The van der Waals surface area contributed by atoms with E-state index in [0.29, 0.717) is 5.56 Å². The van der Waals surface area contributed by atoms with Crippen molar-refractivity contribution in [2.45, 2.75) is 12.7 Å². The van der Waals surface area contributed by atoms with Gasteiger partial charge in [-0.3, -0.25) is 4.79 Å². The van der Waals surface area contributed by atoms with Crippen LogP contribution in [0, 0.1) is 5.82 Å². The third kappa shape index (κ3) is 5.64. The molecular formula is C22H18F3NO3S. The molecule has 0 aliphatic heterocycles. The van der Waals surface area contributed by atoms with Crippen molar-refractivity contribution in [2.24, 2.45) is 0 Å². The number of rotatable bonds is 8. The first-order valence-electron chi connectivity index (χ1n) is 8.86. The van der Waals surface area contributed by atoms with Crippen molar-refractivity contribution >= 4 is 23.3 Å². The lowest BCUT2D eigenvalue weighted by Crippen LogP contribution is -2.27. The van der Waals surface area contributed by atoms with Crippen LogP contribution >= 0.6 is 11.3 Å². The molecule has 0 radical (unpaired) electrons. The van der Waals surface area contributed by atoms with Crippen LogP contribution in [0.25, 0.3) is 6.08 Å². The SMILES string of the molecule is COc1cc(/C=C/C(=O)NC(c2ccc(F)cc2)c2cccs2)ccc1OC(F)F. The normalized spacial score (nSPS) is 12.2. The number of methoxy groups -OCH3 is 1. The number of amides is 1. The molecule has 0 fully saturated rings. The Balaban J connectivity index is 1.75. The molecular weight excluding hydrogens is 415 g/mol. The molecule has 156 valence electrons. The summed E-state index contributed by atoms with van der Waals surface area (Å²) in [4.78, 5) is 13.4. The monoisotopic (exact) mass is 433 g/mol. The Morgan fingerprint density at radius 3 is 2.50 bits per heavy atom. The van der Waals surface area contributed by atoms with Crippen molar-refractivity contribution in [3.05, 3.63) is 87.9 Å². The summed E-state index contributed by atoms with van der Waals surface area (Å²) in [5, 5.41) is 4.79. The molecule has 0 saturated carbocycles. The Labute approximate surface area is 175 Å². The molecule has 0 bridgehead atoms. The molecule has 1 aromatic heterocycles. The second kappa shape index (κ2) is 9.98. The van der Waals surface area contributed by atoms with Gasteiger partial charge < -0.3 is 14.8 Å². The van der Waals surface area contributed by atoms with E-state index in [-0.39, 0.29) is 23.2 Å². The van der Waals surface area contributed by atoms with Crippen LogP contribution in [0.3, 0.4) is 0 Å². The quantitative estimate of drug-likeness (QED) is 0.483. The van der Waals surface area contributed by atoms with Crippen LogP contribution in [-0.2, 0) is 4.79 Å². The Kier molecular flexibility index (Phi) is 7.13. The number of nitrogens with one attached hydrogen (secondary N) is 1. The summed E-state index contributed by atoms with van der Waals surface area (Å²) < 4.78 is 47.6. The Morgan fingerprint density at radius 2 is 1.87 bits per heavy atom. The molecule has 3 rings (SSSR count). The molecule has 1 unspecified atom stereocenters. The first kappa shape index (κ1) is 21.4. The lowest BCUT2D eigenvalue weighted by Gasteiger charge is -2.17. The zero-order chi connectivity index (χ0) is 21.5. The molecule has 2 aromatic carbocycles. The van der Waals surface area contributed by atoms with Gasteiger partial charge in [0, 0.05) is 11.0 Å². The van der Waals surface area contributed by atoms with Gasteiger partial charge in [0.25, 0.3) is 0 Å². The number of alkyl halides is 2. The maximum atomic E-state index is 13.3. The predicted octanol–water partition coefficient (Wildman–Crippen LogP) is 5.42. The number of hydrogen-bond donors (Lipinski definition) is 1. The van der Waals surface area contributed by atoms with E-state index in [9.17, 15) is 18.0 Å². The maximum Gasteiger partial charge on any atom is 0.387 e. The van der Waals surface area contributed by atoms with Crippen LogP contribution < -0.4 is 14.8 Å². The van der Waals surface area contributed by atoms with Gasteiger partial charge in [-0.15, -0.1) is 11.3 Å². The van der Waals surface area contributed by atoms with Crippen LogP contribution in [0.15, 0.2) is 66.1 Å².